The lowest BCUT2D eigenvalue weighted by atomic mass is 10.1. The molecule has 2 N–H and O–H groups in total. The van der Waals surface area contributed by atoms with Crippen molar-refractivity contribution >= 4 is 5.91 Å². The maximum Gasteiger partial charge on any atom is 0.255 e. The molecule has 0 unspecified atom stereocenters. The van der Waals surface area contributed by atoms with Gasteiger partial charge in [-0.05, 0) is 37.6 Å². The van der Waals surface area contributed by atoms with E-state index in [1.54, 1.807) is 6.07 Å². The number of amides is 1. The molecule has 2 aliphatic heterocycles. The molecule has 0 aromatic heterocycles. The van der Waals surface area contributed by atoms with E-state index in [1.807, 2.05) is 12.1 Å². The van der Waals surface area contributed by atoms with Gasteiger partial charge in [0.25, 0.3) is 5.91 Å². The number of carbonyl (C=O) groups excluding carboxylic acids is 1. The zero-order chi connectivity index (χ0) is 13.1. The van der Waals surface area contributed by atoms with Gasteiger partial charge in [-0.2, -0.15) is 0 Å². The first kappa shape index (κ1) is 12.3. The highest BCUT2D eigenvalue weighted by molar-refractivity contribution is 5.97. The van der Waals surface area contributed by atoms with Gasteiger partial charge < -0.3 is 20.1 Å². The van der Waals surface area contributed by atoms with Crippen LogP contribution in [0.3, 0.4) is 0 Å². The molecule has 5 heteroatoms. The predicted molar refractivity (Wildman–Crippen MR) is 70.7 cm³/mol. The van der Waals surface area contributed by atoms with Crippen LogP contribution in [0.1, 0.15) is 16.8 Å². The normalized spacial score (nSPS) is 21.2. The number of rotatable bonds is 3. The van der Waals surface area contributed by atoms with Crippen LogP contribution in [0.2, 0.25) is 0 Å². The predicted octanol–water partition coefficient (Wildman–Crippen LogP) is 0.797. The second kappa shape index (κ2) is 5.48. The van der Waals surface area contributed by atoms with Crippen LogP contribution in [0.15, 0.2) is 18.2 Å². The summed E-state index contributed by atoms with van der Waals surface area (Å²) in [6, 6.07) is 5.42. The van der Waals surface area contributed by atoms with E-state index in [4.69, 9.17) is 9.47 Å². The summed E-state index contributed by atoms with van der Waals surface area (Å²) in [7, 11) is 0. The number of benzene rings is 1. The molecule has 2 heterocycles. The van der Waals surface area contributed by atoms with Gasteiger partial charge in [-0.25, -0.2) is 0 Å². The van der Waals surface area contributed by atoms with Crippen LogP contribution in [0.4, 0.5) is 0 Å². The molecule has 19 heavy (non-hydrogen) atoms. The highest BCUT2D eigenvalue weighted by Crippen LogP contribution is 2.33. The molecule has 0 spiro atoms. The molecule has 1 amide bonds. The molecule has 1 fully saturated rings. The lowest BCUT2D eigenvalue weighted by Gasteiger charge is -2.20. The third-order valence-corrected chi connectivity index (χ3v) is 3.52. The van der Waals surface area contributed by atoms with Crippen LogP contribution >= 0.6 is 0 Å². The van der Waals surface area contributed by atoms with E-state index < -0.39 is 0 Å². The number of ether oxygens (including phenoxy) is 2. The zero-order valence-electron chi connectivity index (χ0n) is 10.8. The monoisotopic (exact) mass is 262 g/mol. The first-order valence-electron chi connectivity index (χ1n) is 6.72. The minimum absolute atomic E-state index is 0.0887. The fraction of sp³-hybridized carbons (Fsp3) is 0.500. The fourth-order valence-corrected chi connectivity index (χ4v) is 2.47. The third-order valence-electron chi connectivity index (χ3n) is 3.52. The van der Waals surface area contributed by atoms with Crippen molar-refractivity contribution in [1.82, 2.24) is 10.6 Å². The number of para-hydroxylation sites is 1. The molecule has 0 bridgehead atoms. The molecule has 5 nitrogen and oxygen atoms in total. The number of hydrogen-bond donors (Lipinski definition) is 2. The van der Waals surface area contributed by atoms with Crippen molar-refractivity contribution in [2.24, 2.45) is 5.92 Å². The Bertz CT molecular complexity index is 470. The Kier molecular flexibility index (Phi) is 3.55. The lowest BCUT2D eigenvalue weighted by Crippen LogP contribution is -2.31. The highest BCUT2D eigenvalue weighted by atomic mass is 16.6. The van der Waals surface area contributed by atoms with Crippen molar-refractivity contribution in [2.45, 2.75) is 6.42 Å². The molecule has 1 saturated heterocycles. The molecule has 0 aliphatic carbocycles. The SMILES string of the molecule is O=C(NC[C@@H]1CCNC1)c1cccc2c1OCCO2. The molecule has 0 saturated carbocycles. The van der Waals surface area contributed by atoms with Gasteiger partial charge in [-0.3, -0.25) is 4.79 Å². The maximum absolute atomic E-state index is 12.2. The molecule has 3 rings (SSSR count). The Labute approximate surface area is 112 Å². The van der Waals surface area contributed by atoms with Gasteiger partial charge in [0.2, 0.25) is 0 Å². The number of nitrogens with one attached hydrogen (secondary N) is 2. The van der Waals surface area contributed by atoms with Gasteiger partial charge in [0, 0.05) is 6.54 Å². The van der Waals surface area contributed by atoms with Crippen molar-refractivity contribution in [3.05, 3.63) is 23.8 Å². The molecule has 1 atom stereocenters. The lowest BCUT2D eigenvalue weighted by molar-refractivity contribution is 0.0937. The van der Waals surface area contributed by atoms with E-state index in [0.717, 1.165) is 19.5 Å². The van der Waals surface area contributed by atoms with Gasteiger partial charge in [0.1, 0.15) is 13.2 Å². The summed E-state index contributed by atoms with van der Waals surface area (Å²) in [5, 5.41) is 6.27. The maximum atomic E-state index is 12.2. The second-order valence-corrected chi connectivity index (χ2v) is 4.90. The van der Waals surface area contributed by atoms with E-state index in [9.17, 15) is 4.79 Å². The minimum atomic E-state index is -0.0887. The number of carbonyl (C=O) groups is 1. The quantitative estimate of drug-likeness (QED) is 0.846. The molecule has 102 valence electrons. The molecule has 2 aliphatic rings. The summed E-state index contributed by atoms with van der Waals surface area (Å²) >= 11 is 0. The topological polar surface area (TPSA) is 59.6 Å². The number of fused-ring (bicyclic) bond motifs is 1. The van der Waals surface area contributed by atoms with Crippen LogP contribution in [0.5, 0.6) is 11.5 Å². The Balaban J connectivity index is 1.68. The Morgan fingerprint density at radius 2 is 2.26 bits per heavy atom. The molecular weight excluding hydrogens is 244 g/mol. The van der Waals surface area contributed by atoms with Crippen LogP contribution < -0.4 is 20.1 Å². The smallest absolute Gasteiger partial charge is 0.255 e. The van der Waals surface area contributed by atoms with Gasteiger partial charge >= 0.3 is 0 Å². The Morgan fingerprint density at radius 1 is 1.37 bits per heavy atom. The van der Waals surface area contributed by atoms with E-state index in [0.29, 0.717) is 42.7 Å². The van der Waals surface area contributed by atoms with Crippen molar-refractivity contribution < 1.29 is 14.3 Å². The van der Waals surface area contributed by atoms with Gasteiger partial charge in [-0.15, -0.1) is 0 Å². The molecule has 1 aromatic carbocycles. The van der Waals surface area contributed by atoms with E-state index in [2.05, 4.69) is 10.6 Å². The second-order valence-electron chi connectivity index (χ2n) is 4.90. The van der Waals surface area contributed by atoms with Crippen molar-refractivity contribution in [2.75, 3.05) is 32.8 Å². The highest BCUT2D eigenvalue weighted by Gasteiger charge is 2.21. The summed E-state index contributed by atoms with van der Waals surface area (Å²) in [6.07, 6.45) is 1.12. The summed E-state index contributed by atoms with van der Waals surface area (Å²) in [4.78, 5) is 12.2. The van der Waals surface area contributed by atoms with E-state index in [1.165, 1.54) is 0 Å². The van der Waals surface area contributed by atoms with E-state index in [-0.39, 0.29) is 5.91 Å². The fourth-order valence-electron chi connectivity index (χ4n) is 2.47. The summed E-state index contributed by atoms with van der Waals surface area (Å²) < 4.78 is 11.0. The molecule has 1 aromatic rings. The standard InChI is InChI=1S/C14H18N2O3/c17-14(16-9-10-4-5-15-8-10)11-2-1-3-12-13(11)19-7-6-18-12/h1-3,10,15H,4-9H2,(H,16,17)/t10-/m1/s1. The summed E-state index contributed by atoms with van der Waals surface area (Å²) in [5.74, 6) is 1.66. The Hall–Kier alpha value is -1.75. The largest absolute Gasteiger partial charge is 0.486 e. The summed E-state index contributed by atoms with van der Waals surface area (Å²) in [6.45, 7) is 3.75. The van der Waals surface area contributed by atoms with Crippen LogP contribution in [0.25, 0.3) is 0 Å². The van der Waals surface area contributed by atoms with E-state index >= 15 is 0 Å². The van der Waals surface area contributed by atoms with Crippen molar-refractivity contribution in [3.63, 3.8) is 0 Å². The minimum Gasteiger partial charge on any atom is -0.486 e. The van der Waals surface area contributed by atoms with Crippen molar-refractivity contribution in [1.29, 1.82) is 0 Å². The average Bonchev–Trinajstić information content (AvgIpc) is 2.97. The molecular formula is C14H18N2O3. The van der Waals surface area contributed by atoms with Crippen LogP contribution in [-0.2, 0) is 0 Å². The zero-order valence-corrected chi connectivity index (χ0v) is 10.8. The van der Waals surface area contributed by atoms with Crippen LogP contribution in [-0.4, -0.2) is 38.8 Å². The van der Waals surface area contributed by atoms with Gasteiger partial charge in [-0.1, -0.05) is 6.07 Å². The summed E-state index contributed by atoms with van der Waals surface area (Å²) in [5.41, 5.74) is 0.558. The van der Waals surface area contributed by atoms with Crippen LogP contribution in [0, 0.1) is 5.92 Å². The average molecular weight is 262 g/mol. The third kappa shape index (κ3) is 2.66. The van der Waals surface area contributed by atoms with Crippen molar-refractivity contribution in [3.8, 4) is 11.5 Å². The van der Waals surface area contributed by atoms with Gasteiger partial charge in [0.05, 0.1) is 5.56 Å². The Morgan fingerprint density at radius 3 is 3.11 bits per heavy atom. The molecule has 0 radical (unpaired) electrons. The first-order chi connectivity index (χ1) is 9.34. The number of hydrogen-bond acceptors (Lipinski definition) is 4. The first-order valence-corrected chi connectivity index (χ1v) is 6.72. The van der Waals surface area contributed by atoms with Gasteiger partial charge in [0.15, 0.2) is 11.5 Å².